The van der Waals surface area contributed by atoms with Crippen LogP contribution in [0.2, 0.25) is 0 Å². The lowest BCUT2D eigenvalue weighted by Crippen LogP contribution is -2.36. The van der Waals surface area contributed by atoms with Crippen LogP contribution in [0.1, 0.15) is 23.6 Å². The van der Waals surface area contributed by atoms with Gasteiger partial charge in [-0.25, -0.2) is 0 Å². The second kappa shape index (κ2) is 5.29. The summed E-state index contributed by atoms with van der Waals surface area (Å²) in [4.78, 5) is 0. The highest BCUT2D eigenvalue weighted by Gasteiger charge is 2.14. The third-order valence-electron chi connectivity index (χ3n) is 3.06. The Kier molecular flexibility index (Phi) is 4.30. The standard InChI is InChI=1S/C13H21NO/c1-9-6-5-7-10(2)12(9)8-13(14)11(3)15-4/h5-7,11,13H,8,14H2,1-4H3. The van der Waals surface area contributed by atoms with Gasteiger partial charge in [-0.3, -0.25) is 0 Å². The van der Waals surface area contributed by atoms with E-state index in [9.17, 15) is 0 Å². The van der Waals surface area contributed by atoms with Gasteiger partial charge in [0.25, 0.3) is 0 Å². The van der Waals surface area contributed by atoms with E-state index in [4.69, 9.17) is 10.5 Å². The quantitative estimate of drug-likeness (QED) is 0.821. The first-order valence-corrected chi connectivity index (χ1v) is 5.39. The number of nitrogens with two attached hydrogens (primary N) is 1. The number of hydrogen-bond donors (Lipinski definition) is 1. The summed E-state index contributed by atoms with van der Waals surface area (Å²) < 4.78 is 5.24. The molecule has 0 aliphatic rings. The fourth-order valence-electron chi connectivity index (χ4n) is 1.75. The van der Waals surface area contributed by atoms with Crippen molar-refractivity contribution in [3.63, 3.8) is 0 Å². The lowest BCUT2D eigenvalue weighted by Gasteiger charge is -2.20. The van der Waals surface area contributed by atoms with E-state index in [2.05, 4.69) is 32.0 Å². The van der Waals surface area contributed by atoms with Crippen LogP contribution in [-0.2, 0) is 11.2 Å². The van der Waals surface area contributed by atoms with E-state index in [1.807, 2.05) is 6.92 Å². The van der Waals surface area contributed by atoms with E-state index in [1.165, 1.54) is 16.7 Å². The highest BCUT2D eigenvalue weighted by molar-refractivity contribution is 5.34. The van der Waals surface area contributed by atoms with Gasteiger partial charge in [0.2, 0.25) is 0 Å². The van der Waals surface area contributed by atoms with Crippen LogP contribution >= 0.6 is 0 Å². The zero-order chi connectivity index (χ0) is 11.4. The zero-order valence-corrected chi connectivity index (χ0v) is 10.1. The Morgan fingerprint density at radius 2 is 1.80 bits per heavy atom. The molecule has 0 spiro atoms. The third kappa shape index (κ3) is 3.05. The van der Waals surface area contributed by atoms with Gasteiger partial charge in [-0.1, -0.05) is 18.2 Å². The fraction of sp³-hybridized carbons (Fsp3) is 0.538. The molecule has 2 heteroatoms. The van der Waals surface area contributed by atoms with E-state index in [1.54, 1.807) is 7.11 Å². The number of aryl methyl sites for hydroxylation is 2. The summed E-state index contributed by atoms with van der Waals surface area (Å²) in [6.07, 6.45) is 0.983. The van der Waals surface area contributed by atoms with Crippen LogP contribution in [-0.4, -0.2) is 19.3 Å². The molecular formula is C13H21NO. The van der Waals surface area contributed by atoms with Gasteiger partial charge >= 0.3 is 0 Å². The van der Waals surface area contributed by atoms with Gasteiger partial charge in [0.1, 0.15) is 0 Å². The molecule has 1 aromatic rings. The predicted molar refractivity (Wildman–Crippen MR) is 64.1 cm³/mol. The van der Waals surface area contributed by atoms with Gasteiger partial charge in [0.05, 0.1) is 6.10 Å². The van der Waals surface area contributed by atoms with Crippen molar-refractivity contribution in [2.24, 2.45) is 5.73 Å². The summed E-state index contributed by atoms with van der Waals surface area (Å²) in [5.41, 5.74) is 10.1. The van der Waals surface area contributed by atoms with E-state index in [0.29, 0.717) is 0 Å². The summed E-state index contributed by atoms with van der Waals surface area (Å²) in [5, 5.41) is 0. The predicted octanol–water partition coefficient (Wildman–Crippen LogP) is 2.21. The molecule has 2 unspecified atom stereocenters. The second-order valence-corrected chi connectivity index (χ2v) is 4.18. The molecule has 2 N–H and O–H groups in total. The number of benzene rings is 1. The summed E-state index contributed by atoms with van der Waals surface area (Å²) in [6, 6.07) is 6.41. The van der Waals surface area contributed by atoms with E-state index in [0.717, 1.165) is 6.42 Å². The molecule has 1 rings (SSSR count). The van der Waals surface area contributed by atoms with Crippen molar-refractivity contribution in [3.05, 3.63) is 34.9 Å². The van der Waals surface area contributed by atoms with Crippen molar-refractivity contribution in [3.8, 4) is 0 Å². The largest absolute Gasteiger partial charge is 0.380 e. The normalized spacial score (nSPS) is 15.0. The molecule has 1 aromatic carbocycles. The Morgan fingerprint density at radius 1 is 1.27 bits per heavy atom. The van der Waals surface area contributed by atoms with Crippen molar-refractivity contribution >= 4 is 0 Å². The molecule has 2 atom stereocenters. The van der Waals surface area contributed by atoms with Crippen molar-refractivity contribution in [2.75, 3.05) is 7.11 Å². The Balaban J connectivity index is 2.80. The lowest BCUT2D eigenvalue weighted by molar-refractivity contribution is 0.0955. The molecule has 0 saturated heterocycles. The van der Waals surface area contributed by atoms with Crippen LogP contribution in [0.15, 0.2) is 18.2 Å². The van der Waals surface area contributed by atoms with Gasteiger partial charge in [-0.2, -0.15) is 0 Å². The first-order valence-electron chi connectivity index (χ1n) is 5.39. The molecule has 0 radical (unpaired) electrons. The molecule has 0 bridgehead atoms. The third-order valence-corrected chi connectivity index (χ3v) is 3.06. The smallest absolute Gasteiger partial charge is 0.0697 e. The molecule has 84 valence electrons. The van der Waals surface area contributed by atoms with Gasteiger partial charge in [0.15, 0.2) is 0 Å². The SMILES string of the molecule is COC(C)C(N)Cc1c(C)cccc1C. The monoisotopic (exact) mass is 207 g/mol. The minimum absolute atomic E-state index is 0.0646. The molecule has 0 aromatic heterocycles. The van der Waals surface area contributed by atoms with Crippen molar-refractivity contribution < 1.29 is 4.74 Å². The summed E-state index contributed by atoms with van der Waals surface area (Å²) >= 11 is 0. The van der Waals surface area contributed by atoms with Gasteiger partial charge in [-0.05, 0) is 43.9 Å². The number of hydrogen-bond acceptors (Lipinski definition) is 2. The molecule has 2 nitrogen and oxygen atoms in total. The Morgan fingerprint density at radius 3 is 2.27 bits per heavy atom. The van der Waals surface area contributed by atoms with Crippen LogP contribution in [0.25, 0.3) is 0 Å². The lowest BCUT2D eigenvalue weighted by atomic mass is 9.95. The maximum Gasteiger partial charge on any atom is 0.0697 e. The minimum atomic E-state index is 0.0646. The van der Waals surface area contributed by atoms with Crippen LogP contribution in [0, 0.1) is 13.8 Å². The van der Waals surface area contributed by atoms with Crippen molar-refractivity contribution in [2.45, 2.75) is 39.3 Å². The van der Waals surface area contributed by atoms with E-state index >= 15 is 0 Å². The Hall–Kier alpha value is -0.860. The Labute approximate surface area is 92.4 Å². The topological polar surface area (TPSA) is 35.2 Å². The van der Waals surface area contributed by atoms with Crippen molar-refractivity contribution in [1.82, 2.24) is 0 Å². The first-order chi connectivity index (χ1) is 7.06. The molecular weight excluding hydrogens is 186 g/mol. The molecule has 0 saturated carbocycles. The average Bonchev–Trinajstić information content (AvgIpc) is 2.22. The molecule has 0 heterocycles. The van der Waals surface area contributed by atoms with E-state index in [-0.39, 0.29) is 12.1 Å². The molecule has 0 aliphatic heterocycles. The van der Waals surface area contributed by atoms with Crippen LogP contribution in [0.3, 0.4) is 0 Å². The number of rotatable bonds is 4. The number of ether oxygens (including phenoxy) is 1. The first kappa shape index (κ1) is 12.2. The second-order valence-electron chi connectivity index (χ2n) is 4.18. The molecule has 0 aliphatic carbocycles. The highest BCUT2D eigenvalue weighted by Crippen LogP contribution is 2.16. The Bertz CT molecular complexity index is 302. The van der Waals surface area contributed by atoms with Crippen LogP contribution < -0.4 is 5.73 Å². The highest BCUT2D eigenvalue weighted by atomic mass is 16.5. The average molecular weight is 207 g/mol. The maximum absolute atomic E-state index is 6.07. The summed E-state index contributed by atoms with van der Waals surface area (Å²) in [7, 11) is 1.70. The fourth-order valence-corrected chi connectivity index (χ4v) is 1.75. The summed E-state index contributed by atoms with van der Waals surface area (Å²) in [6.45, 7) is 6.28. The zero-order valence-electron chi connectivity index (χ0n) is 10.1. The molecule has 0 amide bonds. The maximum atomic E-state index is 6.07. The van der Waals surface area contributed by atoms with Gasteiger partial charge < -0.3 is 10.5 Å². The summed E-state index contributed by atoms with van der Waals surface area (Å²) in [5.74, 6) is 0. The van der Waals surface area contributed by atoms with Gasteiger partial charge in [-0.15, -0.1) is 0 Å². The van der Waals surface area contributed by atoms with E-state index < -0.39 is 0 Å². The molecule has 0 fully saturated rings. The van der Waals surface area contributed by atoms with Crippen LogP contribution in [0.5, 0.6) is 0 Å². The van der Waals surface area contributed by atoms with Gasteiger partial charge in [0, 0.05) is 13.2 Å². The number of methoxy groups -OCH3 is 1. The minimum Gasteiger partial charge on any atom is -0.380 e. The molecule has 15 heavy (non-hydrogen) atoms. The van der Waals surface area contributed by atoms with Crippen LogP contribution in [0.4, 0.5) is 0 Å². The van der Waals surface area contributed by atoms with Crippen molar-refractivity contribution in [1.29, 1.82) is 0 Å².